The van der Waals surface area contributed by atoms with Crippen LogP contribution in [-0.4, -0.2) is 5.11 Å². The molecule has 0 heterocycles. The molecule has 0 saturated heterocycles. The Kier molecular flexibility index (Phi) is 4.10. The van der Waals surface area contributed by atoms with Gasteiger partial charge in [-0.05, 0) is 37.3 Å². The predicted octanol–water partition coefficient (Wildman–Crippen LogP) is 3.42. The molecule has 0 amide bonds. The molecule has 1 aromatic carbocycles. The molecule has 0 fully saturated rings. The lowest BCUT2D eigenvalue weighted by atomic mass is 9.90. The molecule has 1 unspecified atom stereocenters. The molecular formula is C14H20O. The van der Waals surface area contributed by atoms with E-state index in [2.05, 4.69) is 25.6 Å². The summed E-state index contributed by atoms with van der Waals surface area (Å²) in [5.41, 5.74) is 1.56. The van der Waals surface area contributed by atoms with Gasteiger partial charge in [0.1, 0.15) is 0 Å². The van der Waals surface area contributed by atoms with Crippen LogP contribution >= 0.6 is 0 Å². The van der Waals surface area contributed by atoms with Crippen molar-refractivity contribution in [2.45, 2.75) is 38.7 Å². The molecule has 15 heavy (non-hydrogen) atoms. The molecule has 0 aliphatic carbocycles. The molecule has 1 nitrogen and oxygen atoms in total. The molecule has 0 radical (unpaired) electrons. The first-order valence-corrected chi connectivity index (χ1v) is 5.53. The van der Waals surface area contributed by atoms with Crippen molar-refractivity contribution in [3.05, 3.63) is 48.0 Å². The lowest BCUT2D eigenvalue weighted by molar-refractivity contribution is 0.0488. The molecule has 1 N–H and O–H groups in total. The lowest BCUT2D eigenvalue weighted by Crippen LogP contribution is -2.20. The van der Waals surface area contributed by atoms with Gasteiger partial charge in [0.05, 0.1) is 5.60 Å². The first-order valence-electron chi connectivity index (χ1n) is 5.53. The minimum atomic E-state index is -0.736. The molecule has 1 atom stereocenters. The highest BCUT2D eigenvalue weighted by molar-refractivity contribution is 5.26. The lowest BCUT2D eigenvalue weighted by Gasteiger charge is -2.23. The Morgan fingerprint density at radius 1 is 1.33 bits per heavy atom. The molecule has 0 aliphatic heterocycles. The second-order valence-corrected chi connectivity index (χ2v) is 4.15. The average molecular weight is 204 g/mol. The maximum absolute atomic E-state index is 10.2. The van der Waals surface area contributed by atoms with Crippen LogP contribution in [0.25, 0.3) is 0 Å². The summed E-state index contributed by atoms with van der Waals surface area (Å²) in [6.07, 6.45) is 4.44. The summed E-state index contributed by atoms with van der Waals surface area (Å²) < 4.78 is 0. The minimum Gasteiger partial charge on any atom is -0.385 e. The second kappa shape index (κ2) is 5.13. The molecule has 82 valence electrons. The second-order valence-electron chi connectivity index (χ2n) is 4.15. The fourth-order valence-corrected chi connectivity index (χ4v) is 1.63. The maximum atomic E-state index is 10.2. The van der Waals surface area contributed by atoms with E-state index in [0.29, 0.717) is 0 Å². The molecule has 0 spiro atoms. The first-order chi connectivity index (χ1) is 7.10. The molecular weight excluding hydrogens is 184 g/mol. The maximum Gasteiger partial charge on any atom is 0.0871 e. The van der Waals surface area contributed by atoms with Crippen LogP contribution in [-0.2, 0) is 12.0 Å². The van der Waals surface area contributed by atoms with E-state index in [1.807, 2.05) is 25.1 Å². The van der Waals surface area contributed by atoms with Gasteiger partial charge in [-0.1, -0.05) is 37.3 Å². The van der Waals surface area contributed by atoms with Gasteiger partial charge in [0, 0.05) is 0 Å². The average Bonchev–Trinajstić information content (AvgIpc) is 2.26. The summed E-state index contributed by atoms with van der Waals surface area (Å²) in [6, 6.07) is 8.19. The van der Waals surface area contributed by atoms with Crippen molar-refractivity contribution in [3.63, 3.8) is 0 Å². The van der Waals surface area contributed by atoms with E-state index >= 15 is 0 Å². The van der Waals surface area contributed by atoms with Crippen molar-refractivity contribution in [1.82, 2.24) is 0 Å². The van der Waals surface area contributed by atoms with Crippen LogP contribution in [0.5, 0.6) is 0 Å². The molecule has 1 aromatic rings. The van der Waals surface area contributed by atoms with Crippen LogP contribution in [0.3, 0.4) is 0 Å². The van der Waals surface area contributed by atoms with E-state index in [0.717, 1.165) is 24.8 Å². The van der Waals surface area contributed by atoms with Crippen molar-refractivity contribution in [2.24, 2.45) is 0 Å². The summed E-state index contributed by atoms with van der Waals surface area (Å²) in [4.78, 5) is 0. The molecule has 0 aromatic heterocycles. The Morgan fingerprint density at radius 2 is 1.93 bits per heavy atom. The number of hydrogen-bond donors (Lipinski definition) is 1. The summed E-state index contributed by atoms with van der Waals surface area (Å²) in [5.74, 6) is 0. The largest absolute Gasteiger partial charge is 0.385 e. The quantitative estimate of drug-likeness (QED) is 0.729. The van der Waals surface area contributed by atoms with Crippen molar-refractivity contribution in [3.8, 4) is 0 Å². The third-order valence-electron chi connectivity index (χ3n) is 2.82. The summed E-state index contributed by atoms with van der Waals surface area (Å²) in [6.45, 7) is 7.66. The van der Waals surface area contributed by atoms with E-state index < -0.39 is 5.60 Å². The van der Waals surface area contributed by atoms with Gasteiger partial charge in [-0.3, -0.25) is 0 Å². The van der Waals surface area contributed by atoms with Crippen LogP contribution in [0.1, 0.15) is 37.8 Å². The third-order valence-corrected chi connectivity index (χ3v) is 2.82. The van der Waals surface area contributed by atoms with Gasteiger partial charge < -0.3 is 5.11 Å². The van der Waals surface area contributed by atoms with Gasteiger partial charge in [0.15, 0.2) is 0 Å². The standard InChI is InChI=1S/C14H20O/c1-4-6-11-14(3,15)13-9-7-12(5-2)8-10-13/h4,7-10,15H,1,5-6,11H2,2-3H3. The Hall–Kier alpha value is -1.08. The monoisotopic (exact) mass is 204 g/mol. The number of aryl methyl sites for hydroxylation is 1. The van der Waals surface area contributed by atoms with Crippen LogP contribution < -0.4 is 0 Å². The third kappa shape index (κ3) is 3.21. The van der Waals surface area contributed by atoms with E-state index in [1.165, 1.54) is 5.56 Å². The van der Waals surface area contributed by atoms with Gasteiger partial charge in [-0.15, -0.1) is 6.58 Å². The topological polar surface area (TPSA) is 20.2 Å². The molecule has 0 saturated carbocycles. The first kappa shape index (κ1) is 12.0. The van der Waals surface area contributed by atoms with Crippen molar-refractivity contribution in [1.29, 1.82) is 0 Å². The summed E-state index contributed by atoms with van der Waals surface area (Å²) in [5, 5.41) is 10.2. The minimum absolute atomic E-state index is 0.724. The van der Waals surface area contributed by atoms with Gasteiger partial charge in [0.25, 0.3) is 0 Å². The smallest absolute Gasteiger partial charge is 0.0871 e. The van der Waals surface area contributed by atoms with Crippen molar-refractivity contribution < 1.29 is 5.11 Å². The number of aliphatic hydroxyl groups is 1. The summed E-state index contributed by atoms with van der Waals surface area (Å²) >= 11 is 0. The Morgan fingerprint density at radius 3 is 2.40 bits per heavy atom. The zero-order chi connectivity index (χ0) is 11.3. The van der Waals surface area contributed by atoms with Crippen LogP contribution in [0, 0.1) is 0 Å². The Balaban J connectivity index is 2.79. The Bertz CT molecular complexity index is 309. The molecule has 0 aliphatic rings. The van der Waals surface area contributed by atoms with Gasteiger partial charge in [-0.25, -0.2) is 0 Å². The van der Waals surface area contributed by atoms with Crippen LogP contribution in [0.15, 0.2) is 36.9 Å². The highest BCUT2D eigenvalue weighted by Crippen LogP contribution is 2.26. The van der Waals surface area contributed by atoms with Gasteiger partial charge in [-0.2, -0.15) is 0 Å². The fraction of sp³-hybridized carbons (Fsp3) is 0.429. The zero-order valence-corrected chi connectivity index (χ0v) is 9.66. The number of benzene rings is 1. The molecule has 0 bridgehead atoms. The number of rotatable bonds is 5. The van der Waals surface area contributed by atoms with E-state index in [-0.39, 0.29) is 0 Å². The SMILES string of the molecule is C=CCCC(C)(O)c1ccc(CC)cc1. The zero-order valence-electron chi connectivity index (χ0n) is 9.66. The van der Waals surface area contributed by atoms with Crippen LogP contribution in [0.2, 0.25) is 0 Å². The van der Waals surface area contributed by atoms with E-state index in [9.17, 15) is 5.11 Å². The highest BCUT2D eigenvalue weighted by Gasteiger charge is 2.21. The molecule has 1 rings (SSSR count). The predicted molar refractivity (Wildman–Crippen MR) is 64.8 cm³/mol. The number of allylic oxidation sites excluding steroid dienone is 1. The highest BCUT2D eigenvalue weighted by atomic mass is 16.3. The fourth-order valence-electron chi connectivity index (χ4n) is 1.63. The van der Waals surface area contributed by atoms with Crippen LogP contribution in [0.4, 0.5) is 0 Å². The van der Waals surface area contributed by atoms with E-state index in [1.54, 1.807) is 0 Å². The van der Waals surface area contributed by atoms with Gasteiger partial charge in [0.2, 0.25) is 0 Å². The van der Waals surface area contributed by atoms with Crippen molar-refractivity contribution >= 4 is 0 Å². The van der Waals surface area contributed by atoms with Gasteiger partial charge >= 0.3 is 0 Å². The number of hydrogen-bond acceptors (Lipinski definition) is 1. The van der Waals surface area contributed by atoms with Crippen molar-refractivity contribution in [2.75, 3.05) is 0 Å². The Labute approximate surface area is 92.5 Å². The normalized spacial score (nSPS) is 14.6. The van der Waals surface area contributed by atoms with E-state index in [4.69, 9.17) is 0 Å². The summed E-state index contributed by atoms with van der Waals surface area (Å²) in [7, 11) is 0. The molecule has 1 heteroatoms.